The van der Waals surface area contributed by atoms with Gasteiger partial charge in [-0.2, -0.15) is 0 Å². The predicted octanol–water partition coefficient (Wildman–Crippen LogP) is 10.4. The van der Waals surface area contributed by atoms with E-state index in [4.69, 9.17) is 4.42 Å². The van der Waals surface area contributed by atoms with Crippen LogP contribution in [0.25, 0.3) is 76.4 Å². The fraction of sp³-hybridized carbons (Fsp3) is 0. The first kappa shape index (κ1) is 24.9. The SMILES string of the molecule is c1ccc2cc(N3c4c(ccc5ccccc45)B4c5c(cc6oc7ccccc7c6c53)-c3cccc5c6ccccc6n4c35)ccc2c1. The second-order valence-electron chi connectivity index (χ2n) is 13.2. The Hall–Kier alpha value is -6.26. The molecule has 0 spiro atoms. The van der Waals surface area contributed by atoms with Crippen LogP contribution in [0.15, 0.2) is 156 Å². The number of rotatable bonds is 1. The number of para-hydroxylation sites is 3. The summed E-state index contributed by atoms with van der Waals surface area (Å²) in [4.78, 5) is 2.56. The summed E-state index contributed by atoms with van der Waals surface area (Å²) in [6.45, 7) is -0.0262. The highest BCUT2D eigenvalue weighted by molar-refractivity contribution is 6.90. The molecule has 3 nitrogen and oxygen atoms in total. The molecular weight excluding hydrogens is 583 g/mol. The van der Waals surface area contributed by atoms with Crippen LogP contribution in [0.2, 0.25) is 0 Å². The molecule has 220 valence electrons. The fourth-order valence-electron chi connectivity index (χ4n) is 9.00. The van der Waals surface area contributed by atoms with Gasteiger partial charge in [0, 0.05) is 43.8 Å². The van der Waals surface area contributed by atoms with Crippen LogP contribution in [0, 0.1) is 0 Å². The van der Waals surface area contributed by atoms with Crippen LogP contribution >= 0.6 is 0 Å². The highest BCUT2D eigenvalue weighted by atomic mass is 16.3. The summed E-state index contributed by atoms with van der Waals surface area (Å²) in [5, 5.41) is 9.81. The van der Waals surface area contributed by atoms with Gasteiger partial charge in [0.25, 0.3) is 0 Å². The minimum Gasteiger partial charge on any atom is -0.456 e. The lowest BCUT2D eigenvalue weighted by atomic mass is 9.44. The molecule has 4 heteroatoms. The van der Waals surface area contributed by atoms with E-state index in [0.29, 0.717) is 0 Å². The van der Waals surface area contributed by atoms with Crippen LogP contribution in [-0.2, 0) is 0 Å². The van der Waals surface area contributed by atoms with Gasteiger partial charge in [0.1, 0.15) is 11.2 Å². The molecule has 0 saturated carbocycles. The lowest BCUT2D eigenvalue weighted by Crippen LogP contribution is -2.56. The standard InChI is InChI=1S/C44H25BN2O/c1-2-12-28-24-29(22-20-26(28)10-1)46-43-30-13-4-3-11-27(30)21-23-36(43)45-41-35(25-39-40(44(41)46)34-15-6-8-19-38(34)48-39)33-17-9-16-32-31-14-5-7-18-37(31)47(45)42(32)33/h1-25H. The molecule has 0 aliphatic carbocycles. The third kappa shape index (κ3) is 2.97. The molecule has 48 heavy (non-hydrogen) atoms. The van der Waals surface area contributed by atoms with Gasteiger partial charge in [-0.1, -0.05) is 121 Å². The number of furan rings is 1. The van der Waals surface area contributed by atoms with E-state index in [1.54, 1.807) is 0 Å². The van der Waals surface area contributed by atoms with Gasteiger partial charge >= 0.3 is 6.85 Å². The summed E-state index contributed by atoms with van der Waals surface area (Å²) in [6.07, 6.45) is 0. The van der Waals surface area contributed by atoms with Gasteiger partial charge < -0.3 is 13.8 Å². The summed E-state index contributed by atoms with van der Waals surface area (Å²) in [5.41, 5.74) is 13.1. The molecule has 2 aromatic heterocycles. The maximum Gasteiger partial charge on any atom is 0.333 e. The number of benzene rings is 8. The highest BCUT2D eigenvalue weighted by Crippen LogP contribution is 2.51. The quantitative estimate of drug-likeness (QED) is 0.173. The predicted molar refractivity (Wildman–Crippen MR) is 202 cm³/mol. The Kier molecular flexibility index (Phi) is 4.54. The van der Waals surface area contributed by atoms with E-state index in [9.17, 15) is 0 Å². The van der Waals surface area contributed by atoms with Crippen molar-refractivity contribution >= 4 is 100 Å². The number of anilines is 3. The van der Waals surface area contributed by atoms with Crippen molar-refractivity contribution in [1.29, 1.82) is 0 Å². The molecule has 0 unspecified atom stereocenters. The molecule has 0 saturated heterocycles. The number of fused-ring (bicyclic) bond motifs is 14. The first-order valence-corrected chi connectivity index (χ1v) is 16.6. The number of aromatic nitrogens is 1. The van der Waals surface area contributed by atoms with Gasteiger partial charge in [0.05, 0.1) is 16.8 Å². The van der Waals surface area contributed by atoms with Gasteiger partial charge in [0.2, 0.25) is 0 Å². The van der Waals surface area contributed by atoms with Crippen molar-refractivity contribution in [3.8, 4) is 11.1 Å². The molecule has 0 N–H and O–H groups in total. The molecule has 0 atom stereocenters. The third-order valence-electron chi connectivity index (χ3n) is 10.9. The Morgan fingerprint density at radius 3 is 2.12 bits per heavy atom. The maximum absolute atomic E-state index is 6.76. The van der Waals surface area contributed by atoms with Crippen LogP contribution in [0.4, 0.5) is 17.1 Å². The largest absolute Gasteiger partial charge is 0.456 e. The lowest BCUT2D eigenvalue weighted by Gasteiger charge is -2.41. The lowest BCUT2D eigenvalue weighted by molar-refractivity contribution is 0.669. The zero-order valence-electron chi connectivity index (χ0n) is 25.8. The van der Waals surface area contributed by atoms with E-state index in [2.05, 4.69) is 161 Å². The van der Waals surface area contributed by atoms with Crippen molar-refractivity contribution in [3.63, 3.8) is 0 Å². The molecule has 0 fully saturated rings. The van der Waals surface area contributed by atoms with E-state index >= 15 is 0 Å². The summed E-state index contributed by atoms with van der Waals surface area (Å²) in [7, 11) is 0. The Bertz CT molecular complexity index is 3040. The average molecular weight is 609 g/mol. The Morgan fingerprint density at radius 1 is 0.479 bits per heavy atom. The minimum absolute atomic E-state index is 0.0262. The number of hydrogen-bond donors (Lipinski definition) is 0. The van der Waals surface area contributed by atoms with Crippen LogP contribution in [0.3, 0.4) is 0 Å². The zero-order valence-corrected chi connectivity index (χ0v) is 25.8. The summed E-state index contributed by atoms with van der Waals surface area (Å²) >= 11 is 0. The molecule has 12 rings (SSSR count). The van der Waals surface area contributed by atoms with Crippen molar-refractivity contribution < 1.29 is 4.42 Å². The normalized spacial score (nSPS) is 13.3. The number of nitrogens with zero attached hydrogens (tertiary/aromatic N) is 2. The van der Waals surface area contributed by atoms with Crippen molar-refractivity contribution in [3.05, 3.63) is 152 Å². The summed E-state index contributed by atoms with van der Waals surface area (Å²) in [5.74, 6) is 0. The summed E-state index contributed by atoms with van der Waals surface area (Å²) < 4.78 is 9.39. The Morgan fingerprint density at radius 2 is 1.21 bits per heavy atom. The van der Waals surface area contributed by atoms with Crippen LogP contribution in [-0.4, -0.2) is 11.3 Å². The Balaban J connectivity index is 1.35. The molecule has 0 radical (unpaired) electrons. The Labute approximate surface area is 275 Å². The molecule has 0 bridgehead atoms. The van der Waals surface area contributed by atoms with Gasteiger partial charge in [-0.15, -0.1) is 0 Å². The van der Waals surface area contributed by atoms with Crippen molar-refractivity contribution in [1.82, 2.24) is 4.48 Å². The molecule has 8 aromatic carbocycles. The smallest absolute Gasteiger partial charge is 0.333 e. The van der Waals surface area contributed by atoms with E-state index in [1.807, 2.05) is 0 Å². The molecule has 2 aliphatic rings. The van der Waals surface area contributed by atoms with E-state index in [1.165, 1.54) is 76.8 Å². The number of hydrogen-bond acceptors (Lipinski definition) is 2. The molecule has 10 aromatic rings. The van der Waals surface area contributed by atoms with Crippen LogP contribution in [0.1, 0.15) is 0 Å². The highest BCUT2D eigenvalue weighted by Gasteiger charge is 2.44. The molecule has 0 amide bonds. The van der Waals surface area contributed by atoms with Gasteiger partial charge in [-0.25, -0.2) is 0 Å². The fourth-order valence-corrected chi connectivity index (χ4v) is 9.00. The zero-order chi connectivity index (χ0) is 31.1. The topological polar surface area (TPSA) is 21.3 Å². The molecule has 4 heterocycles. The van der Waals surface area contributed by atoms with Gasteiger partial charge in [0.15, 0.2) is 0 Å². The molecular formula is C44H25BN2O. The maximum atomic E-state index is 6.76. The van der Waals surface area contributed by atoms with E-state index in [0.717, 1.165) is 27.6 Å². The minimum atomic E-state index is -0.0262. The van der Waals surface area contributed by atoms with Gasteiger partial charge in [-0.05, 0) is 63.0 Å². The van der Waals surface area contributed by atoms with Crippen molar-refractivity contribution in [2.24, 2.45) is 0 Å². The van der Waals surface area contributed by atoms with E-state index < -0.39 is 0 Å². The second kappa shape index (κ2) is 8.75. The van der Waals surface area contributed by atoms with Gasteiger partial charge in [-0.3, -0.25) is 0 Å². The first-order chi connectivity index (χ1) is 23.8. The van der Waals surface area contributed by atoms with E-state index in [-0.39, 0.29) is 6.85 Å². The third-order valence-corrected chi connectivity index (χ3v) is 10.9. The molecule has 2 aliphatic heterocycles. The van der Waals surface area contributed by atoms with Crippen LogP contribution < -0.4 is 15.8 Å². The monoisotopic (exact) mass is 608 g/mol. The second-order valence-corrected chi connectivity index (χ2v) is 13.2. The van der Waals surface area contributed by atoms with Crippen molar-refractivity contribution in [2.75, 3.05) is 4.90 Å². The average Bonchev–Trinajstić information content (AvgIpc) is 3.69. The van der Waals surface area contributed by atoms with Crippen molar-refractivity contribution in [2.45, 2.75) is 0 Å². The summed E-state index contributed by atoms with van der Waals surface area (Å²) in [6, 6.07) is 55.7. The van der Waals surface area contributed by atoms with Crippen LogP contribution in [0.5, 0.6) is 0 Å². The first-order valence-electron chi connectivity index (χ1n) is 16.6.